The van der Waals surface area contributed by atoms with Gasteiger partial charge in [0.05, 0.1) is 0 Å². The van der Waals surface area contributed by atoms with E-state index in [1.807, 2.05) is 11.4 Å². The van der Waals surface area contributed by atoms with Crippen LogP contribution in [0, 0.1) is 11.8 Å². The molecule has 0 radical (unpaired) electrons. The third-order valence-corrected chi connectivity index (χ3v) is 5.65. The van der Waals surface area contributed by atoms with E-state index in [2.05, 4.69) is 35.1 Å². The number of halogens is 1. The number of hydrogen-bond acceptors (Lipinski definition) is 2. The second-order valence-corrected chi connectivity index (χ2v) is 7.14. The van der Waals surface area contributed by atoms with Gasteiger partial charge in [0.1, 0.15) is 4.88 Å². The highest BCUT2D eigenvalue weighted by Gasteiger charge is 2.29. The predicted molar refractivity (Wildman–Crippen MR) is 80.1 cm³/mol. The maximum absolute atomic E-state index is 12.2. The fraction of sp³-hybridized carbons (Fsp3) is 0.643. The van der Waals surface area contributed by atoms with Crippen molar-refractivity contribution in [3.63, 3.8) is 0 Å². The van der Waals surface area contributed by atoms with Crippen LogP contribution < -0.4 is 5.32 Å². The molecule has 1 aliphatic rings. The molecule has 1 heterocycles. The fourth-order valence-corrected chi connectivity index (χ4v) is 4.28. The molecule has 0 bridgehead atoms. The van der Waals surface area contributed by atoms with Crippen molar-refractivity contribution in [2.45, 2.75) is 45.6 Å². The van der Waals surface area contributed by atoms with E-state index in [9.17, 15) is 4.79 Å². The molecule has 100 valence electrons. The van der Waals surface area contributed by atoms with Crippen LogP contribution in [0.25, 0.3) is 0 Å². The number of carbonyl (C=O) groups is 1. The lowest BCUT2D eigenvalue weighted by Crippen LogP contribution is -2.43. The van der Waals surface area contributed by atoms with Crippen LogP contribution in [0.2, 0.25) is 0 Å². The summed E-state index contributed by atoms with van der Waals surface area (Å²) in [5, 5.41) is 5.18. The van der Waals surface area contributed by atoms with E-state index in [1.165, 1.54) is 30.6 Å². The monoisotopic (exact) mass is 329 g/mol. The van der Waals surface area contributed by atoms with Gasteiger partial charge in [-0.25, -0.2) is 0 Å². The number of hydrogen-bond donors (Lipinski definition) is 1. The van der Waals surface area contributed by atoms with Crippen molar-refractivity contribution in [1.82, 2.24) is 5.32 Å². The first-order valence-corrected chi connectivity index (χ1v) is 8.30. The number of amides is 1. The molecule has 0 aromatic carbocycles. The number of thiophene rings is 1. The standard InChI is InChI=1S/C14H20BrNOS/c1-9(2)10-5-3-4-6-12(10)16-14(17)13-11(15)7-8-18-13/h7-10,12H,3-6H2,1-2H3,(H,16,17). The Labute approximate surface area is 121 Å². The second kappa shape index (κ2) is 6.20. The Hall–Kier alpha value is -0.350. The molecule has 0 spiro atoms. The van der Waals surface area contributed by atoms with Gasteiger partial charge in [-0.3, -0.25) is 4.79 Å². The fourth-order valence-electron chi connectivity index (χ4n) is 2.83. The maximum Gasteiger partial charge on any atom is 0.262 e. The van der Waals surface area contributed by atoms with E-state index in [4.69, 9.17) is 0 Å². The predicted octanol–water partition coefficient (Wildman–Crippen LogP) is 4.46. The number of carbonyl (C=O) groups excluding carboxylic acids is 1. The van der Waals surface area contributed by atoms with E-state index >= 15 is 0 Å². The molecule has 2 unspecified atom stereocenters. The van der Waals surface area contributed by atoms with Gasteiger partial charge < -0.3 is 5.32 Å². The molecule has 2 atom stereocenters. The Morgan fingerprint density at radius 2 is 2.17 bits per heavy atom. The summed E-state index contributed by atoms with van der Waals surface area (Å²) >= 11 is 4.92. The van der Waals surface area contributed by atoms with Crippen molar-refractivity contribution in [2.75, 3.05) is 0 Å². The molecule has 1 saturated carbocycles. The molecular weight excluding hydrogens is 310 g/mol. The summed E-state index contributed by atoms with van der Waals surface area (Å²) in [4.78, 5) is 13.0. The summed E-state index contributed by atoms with van der Waals surface area (Å²) in [5.74, 6) is 1.35. The van der Waals surface area contributed by atoms with Crippen LogP contribution >= 0.6 is 27.3 Å². The van der Waals surface area contributed by atoms with Crippen LogP contribution in [0.3, 0.4) is 0 Å². The molecule has 18 heavy (non-hydrogen) atoms. The van der Waals surface area contributed by atoms with Gasteiger partial charge in [0.15, 0.2) is 0 Å². The second-order valence-electron chi connectivity index (χ2n) is 5.37. The number of nitrogens with one attached hydrogen (secondary N) is 1. The summed E-state index contributed by atoms with van der Waals surface area (Å²) in [6.07, 6.45) is 4.91. The Bertz CT molecular complexity index is 416. The highest BCUT2D eigenvalue weighted by atomic mass is 79.9. The van der Waals surface area contributed by atoms with E-state index in [-0.39, 0.29) is 5.91 Å². The first-order valence-electron chi connectivity index (χ1n) is 6.63. The molecule has 4 heteroatoms. The van der Waals surface area contributed by atoms with Crippen LogP contribution in [0.5, 0.6) is 0 Å². The summed E-state index contributed by atoms with van der Waals surface area (Å²) in [5.41, 5.74) is 0. The molecule has 2 nitrogen and oxygen atoms in total. The molecule has 1 aromatic rings. The van der Waals surface area contributed by atoms with Crippen molar-refractivity contribution < 1.29 is 4.79 Å². The van der Waals surface area contributed by atoms with Gasteiger partial charge in [-0.1, -0.05) is 26.7 Å². The van der Waals surface area contributed by atoms with Gasteiger partial charge in [-0.15, -0.1) is 11.3 Å². The number of rotatable bonds is 3. The summed E-state index contributed by atoms with van der Waals surface area (Å²) in [6.45, 7) is 4.52. The normalized spacial score (nSPS) is 24.2. The lowest BCUT2D eigenvalue weighted by Gasteiger charge is -2.34. The molecule has 2 rings (SSSR count). The van der Waals surface area contributed by atoms with Gasteiger partial charge in [0, 0.05) is 10.5 Å². The van der Waals surface area contributed by atoms with Crippen molar-refractivity contribution in [3.8, 4) is 0 Å². The molecule has 1 aromatic heterocycles. The van der Waals surface area contributed by atoms with Crippen molar-refractivity contribution >= 4 is 33.2 Å². The van der Waals surface area contributed by atoms with E-state index < -0.39 is 0 Å². The van der Waals surface area contributed by atoms with Gasteiger partial charge in [-0.2, -0.15) is 0 Å². The van der Waals surface area contributed by atoms with Gasteiger partial charge in [0.2, 0.25) is 0 Å². The van der Waals surface area contributed by atoms with Crippen LogP contribution in [0.1, 0.15) is 49.2 Å². The van der Waals surface area contributed by atoms with Crippen LogP contribution in [-0.2, 0) is 0 Å². The Kier molecular flexibility index (Phi) is 4.84. The maximum atomic E-state index is 12.2. The summed E-state index contributed by atoms with van der Waals surface area (Å²) < 4.78 is 0.905. The first-order chi connectivity index (χ1) is 8.59. The van der Waals surface area contributed by atoms with E-state index in [0.29, 0.717) is 17.9 Å². The molecule has 1 fully saturated rings. The van der Waals surface area contributed by atoms with Crippen LogP contribution in [-0.4, -0.2) is 11.9 Å². The quantitative estimate of drug-likeness (QED) is 0.871. The molecule has 1 aliphatic carbocycles. The van der Waals surface area contributed by atoms with Gasteiger partial charge in [0.25, 0.3) is 5.91 Å². The lowest BCUT2D eigenvalue weighted by molar-refractivity contribution is 0.0892. The van der Waals surface area contributed by atoms with Crippen molar-refractivity contribution in [2.24, 2.45) is 11.8 Å². The zero-order valence-corrected chi connectivity index (χ0v) is 13.3. The third-order valence-electron chi connectivity index (χ3n) is 3.82. The van der Waals surface area contributed by atoms with Gasteiger partial charge >= 0.3 is 0 Å². The average Bonchev–Trinajstić information content (AvgIpc) is 2.76. The highest BCUT2D eigenvalue weighted by Crippen LogP contribution is 2.31. The molecule has 0 aliphatic heterocycles. The van der Waals surface area contributed by atoms with Crippen molar-refractivity contribution in [1.29, 1.82) is 0 Å². The van der Waals surface area contributed by atoms with Gasteiger partial charge in [-0.05, 0) is 52.1 Å². The van der Waals surface area contributed by atoms with Crippen LogP contribution in [0.15, 0.2) is 15.9 Å². The van der Waals surface area contributed by atoms with Crippen LogP contribution in [0.4, 0.5) is 0 Å². The zero-order valence-electron chi connectivity index (χ0n) is 10.9. The largest absolute Gasteiger partial charge is 0.348 e. The smallest absolute Gasteiger partial charge is 0.262 e. The minimum Gasteiger partial charge on any atom is -0.348 e. The lowest BCUT2D eigenvalue weighted by atomic mass is 9.78. The topological polar surface area (TPSA) is 29.1 Å². The van der Waals surface area contributed by atoms with Crippen molar-refractivity contribution in [3.05, 3.63) is 20.8 Å². The Morgan fingerprint density at radius 1 is 1.44 bits per heavy atom. The highest BCUT2D eigenvalue weighted by molar-refractivity contribution is 9.10. The molecule has 1 amide bonds. The third kappa shape index (κ3) is 3.15. The summed E-state index contributed by atoms with van der Waals surface area (Å²) in [7, 11) is 0. The SMILES string of the molecule is CC(C)C1CCCCC1NC(=O)c1sccc1Br. The van der Waals surface area contributed by atoms with E-state index in [0.717, 1.165) is 15.8 Å². The average molecular weight is 330 g/mol. The minimum atomic E-state index is 0.0782. The molecular formula is C14H20BrNOS. The first kappa shape index (κ1) is 14.1. The molecule has 1 N–H and O–H groups in total. The Balaban J connectivity index is 2.03. The zero-order chi connectivity index (χ0) is 13.1. The minimum absolute atomic E-state index is 0.0782. The Morgan fingerprint density at radius 3 is 2.78 bits per heavy atom. The summed E-state index contributed by atoms with van der Waals surface area (Å²) in [6, 6.07) is 2.28. The molecule has 0 saturated heterocycles. The van der Waals surface area contributed by atoms with E-state index in [1.54, 1.807) is 0 Å².